The van der Waals surface area contributed by atoms with Crippen molar-refractivity contribution in [3.05, 3.63) is 225 Å². The molecule has 2 radical (unpaired) electrons. The Labute approximate surface area is 724 Å². The SMILES string of the molecule is CC1(C)CN(C(=O)c2ccc(NC(=O)c3cc(O[C@H]([B]C#CO)c4c(Cl)ccc(F)c4Cl)c(N)nn3)cc2)CCN1.CC1(C)CNCCN1.C[C@@H](Oc1cc(C(=O)Nc2ccc(C(=O)N3CCNC(C)(C)C3)cc2)nnc1N)c1c(Cl)ccc(F)c1Cl.Nc1nnc(C(=O)Nc2ccc(C(=O)O)cc2)cc1O[C@H]([B]C#CO)c1c(Cl)ccc(F)c1Cl. The van der Waals surface area contributed by atoms with Gasteiger partial charge in [-0.3, -0.25) is 24.0 Å². The second kappa shape index (κ2) is 42.1. The minimum Gasteiger partial charge on any atom is -0.490 e. The molecule has 3 fully saturated rings. The number of aromatic nitrogens is 6. The van der Waals surface area contributed by atoms with E-state index in [0.717, 1.165) is 51.7 Å². The third-order valence-corrected chi connectivity index (χ3v) is 20.2. The lowest BCUT2D eigenvalue weighted by atomic mass is 9.69. The number of carboxylic acid groups (broad SMARTS) is 1. The molecule has 3 aromatic heterocycles. The molecule has 0 bridgehead atoms. The van der Waals surface area contributed by atoms with Gasteiger partial charge in [0.25, 0.3) is 44.1 Å². The van der Waals surface area contributed by atoms with E-state index in [1.54, 1.807) is 77.5 Å². The number of carboxylic acids is 1. The number of benzene rings is 6. The Morgan fingerprint density at radius 1 is 0.471 bits per heavy atom. The maximum absolute atomic E-state index is 14.2. The summed E-state index contributed by atoms with van der Waals surface area (Å²) in [5.74, 6) is -1.43. The zero-order chi connectivity index (χ0) is 88.2. The van der Waals surface area contributed by atoms with Gasteiger partial charge in [0.1, 0.15) is 35.6 Å². The van der Waals surface area contributed by atoms with Crippen molar-refractivity contribution >= 4 is 154 Å². The molecule has 41 heteroatoms. The third kappa shape index (κ3) is 25.7. The van der Waals surface area contributed by atoms with Crippen molar-refractivity contribution in [2.75, 3.05) is 92.1 Å². The number of carbonyl (C=O) groups is 6. The summed E-state index contributed by atoms with van der Waals surface area (Å²) in [5.41, 5.74) is 19.7. The molecule has 3 saturated heterocycles. The predicted octanol–water partition coefficient (Wildman–Crippen LogP) is 11.9. The van der Waals surface area contributed by atoms with Crippen LogP contribution in [0.1, 0.15) is 146 Å². The minimum absolute atomic E-state index is 0.00631. The van der Waals surface area contributed by atoms with E-state index < -0.39 is 59.3 Å². The fourth-order valence-corrected chi connectivity index (χ4v) is 13.9. The van der Waals surface area contributed by atoms with Crippen LogP contribution < -0.4 is 68.6 Å². The number of amides is 5. The van der Waals surface area contributed by atoms with Gasteiger partial charge in [0.2, 0.25) is 0 Å². The molecular weight excluding hydrogens is 1700 g/mol. The van der Waals surface area contributed by atoms with E-state index >= 15 is 0 Å². The number of nitrogens with one attached hydrogen (secondary N) is 7. The Morgan fingerprint density at radius 3 is 1.12 bits per heavy atom. The molecule has 9 aromatic rings. The molecule has 0 spiro atoms. The number of rotatable bonds is 20. The minimum atomic E-state index is -1.21. The summed E-state index contributed by atoms with van der Waals surface area (Å²) in [5, 5.41) is 70.3. The molecule has 6 aromatic carbocycles. The van der Waals surface area contributed by atoms with Gasteiger partial charge in [0.15, 0.2) is 51.8 Å². The van der Waals surface area contributed by atoms with Crippen LogP contribution in [0.15, 0.2) is 127 Å². The number of aliphatic hydroxyl groups is 2. The van der Waals surface area contributed by atoms with Crippen LogP contribution in [0.4, 0.5) is 47.7 Å². The molecule has 16 N–H and O–H groups in total. The summed E-state index contributed by atoms with van der Waals surface area (Å²) in [6.07, 6.45) is 2.55. The van der Waals surface area contributed by atoms with Crippen LogP contribution in [0.3, 0.4) is 0 Å². The first-order valence-electron chi connectivity index (χ1n) is 36.6. The number of nitrogens with zero attached hydrogens (tertiary/aromatic N) is 8. The van der Waals surface area contributed by atoms with Crippen LogP contribution in [-0.2, 0) is 0 Å². The number of halogens is 9. The average Bonchev–Trinajstić information content (AvgIpc) is 0.815. The maximum Gasteiger partial charge on any atom is 0.335 e. The van der Waals surface area contributed by atoms with Gasteiger partial charge in [-0.1, -0.05) is 69.6 Å². The highest BCUT2D eigenvalue weighted by atomic mass is 35.5. The number of piperazine rings is 3. The lowest BCUT2D eigenvalue weighted by Gasteiger charge is -2.39. The monoisotopic (exact) mass is 1770 g/mol. The lowest BCUT2D eigenvalue weighted by molar-refractivity contribution is 0.0647. The third-order valence-electron chi connectivity index (χ3n) is 18.0. The molecular formula is C80H79B2Cl6F3N18O12. The van der Waals surface area contributed by atoms with Crippen molar-refractivity contribution in [2.24, 2.45) is 0 Å². The normalized spacial score (nSPS) is 14.8. The molecule has 630 valence electrons. The molecule has 5 amide bonds. The van der Waals surface area contributed by atoms with Crippen LogP contribution in [-0.4, -0.2) is 181 Å². The lowest BCUT2D eigenvalue weighted by Crippen LogP contribution is -2.58. The van der Waals surface area contributed by atoms with Crippen LogP contribution in [0.5, 0.6) is 17.2 Å². The predicted molar refractivity (Wildman–Crippen MR) is 456 cm³/mol. The number of aromatic carboxylic acids is 1. The molecule has 3 aliphatic rings. The largest absolute Gasteiger partial charge is 0.490 e. The summed E-state index contributed by atoms with van der Waals surface area (Å²) in [7, 11) is 2.33. The molecule has 121 heavy (non-hydrogen) atoms. The second-order valence-electron chi connectivity index (χ2n) is 28.9. The molecule has 3 aliphatic heterocycles. The smallest absolute Gasteiger partial charge is 0.335 e. The van der Waals surface area contributed by atoms with E-state index in [2.05, 4.69) is 93.3 Å². The van der Waals surface area contributed by atoms with Gasteiger partial charge >= 0.3 is 5.97 Å². The molecule has 3 atom stereocenters. The number of aliphatic hydroxyl groups excluding tert-OH is 2. The van der Waals surface area contributed by atoms with E-state index in [-0.39, 0.29) is 127 Å². The van der Waals surface area contributed by atoms with E-state index in [1.165, 1.54) is 67.9 Å². The summed E-state index contributed by atoms with van der Waals surface area (Å²) >= 11 is 36.8. The second-order valence-corrected chi connectivity index (χ2v) is 31.2. The molecule has 0 unspecified atom stereocenters. The maximum atomic E-state index is 14.2. The molecule has 0 saturated carbocycles. The van der Waals surface area contributed by atoms with Gasteiger partial charge in [-0.25, -0.2) is 18.0 Å². The first-order chi connectivity index (χ1) is 57.3. The van der Waals surface area contributed by atoms with E-state index in [0.29, 0.717) is 66.5 Å². The van der Waals surface area contributed by atoms with E-state index in [4.69, 9.17) is 116 Å². The average molecular weight is 1780 g/mol. The Morgan fingerprint density at radius 2 is 0.802 bits per heavy atom. The van der Waals surface area contributed by atoms with Gasteiger partial charge in [-0.2, -0.15) is 0 Å². The first-order valence-corrected chi connectivity index (χ1v) is 38.9. The standard InChI is InChI=1S/C27H25BCl2FN6O4.C26H27Cl2FN6O3.C21H13BCl2FN4O5.C6H14N2/c1-27(2)14-37(11-10-33-27)26(40)15-3-5-16(6-4-15)34-25(39)19-13-20(24(32)36-35-19)41-23(28-9-12-38)21-17(29)7-8-18(31)22(21)30;1-14(21-17(27)8-9-18(29)22(21)28)38-20-12-19(33-34-23(20)30)24(36)32-16-6-4-15(5-7-16)25(37)35-11-10-31-26(2,3)13-35;23-12-5-6-13(25)17(24)16(12)18(22-7-8-30)34-15-9-14(28-29-19(15)26)20(31)27-11-3-1-10(2-4-11)21(32)33;1-6(2)5-7-3-4-8-6/h3-8,13,23,33,38H,10-11,14H2,1-2H3,(H2,32,36)(H,34,39);4-9,12,14,31H,10-11,13H2,1-3H3,(H2,30,34)(H,32,36);1-6,9,18,30H,(H2,26,29)(H,27,31)(H,32,33);7-8H,3-5H2,1-2H3/t23-;14-;18-;/m010./s1. The number of carbonyl (C=O) groups excluding carboxylic acids is 5. The summed E-state index contributed by atoms with van der Waals surface area (Å²) in [6.45, 7) is 21.3. The number of nitrogen functional groups attached to an aromatic ring is 3. The zero-order valence-electron chi connectivity index (χ0n) is 65.6. The number of hydrogen-bond donors (Lipinski definition) is 13. The van der Waals surface area contributed by atoms with Crippen molar-refractivity contribution in [3.63, 3.8) is 0 Å². The van der Waals surface area contributed by atoms with Crippen LogP contribution >= 0.6 is 69.6 Å². The van der Waals surface area contributed by atoms with Crippen molar-refractivity contribution < 1.29 is 71.5 Å². The highest BCUT2D eigenvalue weighted by molar-refractivity contribution is 6.49. The first kappa shape index (κ1) is 93.3. The fourth-order valence-electron chi connectivity index (χ4n) is 12.0. The van der Waals surface area contributed by atoms with Crippen molar-refractivity contribution in [3.8, 4) is 41.1 Å². The summed E-state index contributed by atoms with van der Waals surface area (Å²) in [6, 6.07) is 27.0. The molecule has 0 aliphatic carbocycles. The van der Waals surface area contributed by atoms with Crippen molar-refractivity contribution in [1.82, 2.24) is 61.7 Å². The Balaban J connectivity index is 0.000000197. The van der Waals surface area contributed by atoms with Crippen LogP contribution in [0.2, 0.25) is 30.1 Å². The van der Waals surface area contributed by atoms with Crippen molar-refractivity contribution in [2.45, 2.75) is 83.2 Å². The number of anilines is 6. The van der Waals surface area contributed by atoms with Gasteiger partial charge in [-0.05, 0) is 158 Å². The molecule has 30 nitrogen and oxygen atoms in total. The number of ether oxygens (including phenoxy) is 3. The van der Waals surface area contributed by atoms with E-state index in [9.17, 15) is 41.9 Å². The summed E-state index contributed by atoms with van der Waals surface area (Å²) < 4.78 is 59.5. The number of nitrogens with two attached hydrogens (primary N) is 3. The van der Waals surface area contributed by atoms with Gasteiger partial charge in [-0.15, -0.1) is 42.2 Å². The quantitative estimate of drug-likeness (QED) is 0.0191. The summed E-state index contributed by atoms with van der Waals surface area (Å²) in [4.78, 5) is 78.8. The Bertz CT molecular complexity index is 5440. The molecule has 12 rings (SSSR count). The van der Waals surface area contributed by atoms with Crippen molar-refractivity contribution in [1.29, 1.82) is 0 Å². The van der Waals surface area contributed by atoms with Crippen LogP contribution in [0.25, 0.3) is 0 Å². The topological polar surface area (TPSA) is 437 Å². The van der Waals surface area contributed by atoms with Gasteiger partial charge < -0.3 is 93.7 Å². The Hall–Kier alpha value is -11.6. The Kier molecular flexibility index (Phi) is 32.4. The zero-order valence-corrected chi connectivity index (χ0v) is 70.1. The molecule has 6 heterocycles. The van der Waals surface area contributed by atoms with Crippen LogP contribution in [0, 0.1) is 41.3 Å². The van der Waals surface area contributed by atoms with Gasteiger partial charge in [0, 0.05) is 154 Å². The van der Waals surface area contributed by atoms with Gasteiger partial charge in [0.05, 0.1) is 32.8 Å². The van der Waals surface area contributed by atoms with E-state index in [1.807, 2.05) is 27.7 Å². The number of hydrogen-bond acceptors (Lipinski definition) is 24. The highest BCUT2D eigenvalue weighted by Crippen LogP contribution is 2.40. The fraction of sp³-hybridized carbons (Fsp3) is 0.275. The highest BCUT2D eigenvalue weighted by Gasteiger charge is 2.33.